The van der Waals surface area contributed by atoms with Crippen molar-refractivity contribution in [2.45, 2.75) is 0 Å². The molecule has 0 fully saturated rings. The summed E-state index contributed by atoms with van der Waals surface area (Å²) in [5.74, 6) is -0.495. The first-order valence-corrected chi connectivity index (χ1v) is 9.67. The first-order valence-electron chi connectivity index (χ1n) is 9.67. The second-order valence-electron chi connectivity index (χ2n) is 7.17. The maximum atomic E-state index is 13.4. The molecule has 4 aromatic carbocycles. The normalized spacial score (nSPS) is 12.3. The number of carbonyl (C=O) groups is 3. The molecular formula is C27H16O3. The van der Waals surface area contributed by atoms with Gasteiger partial charge in [-0.25, -0.2) is 0 Å². The maximum Gasteiger partial charge on any atom is 0.195 e. The van der Waals surface area contributed by atoms with E-state index in [1.54, 1.807) is 66.7 Å². The molecule has 30 heavy (non-hydrogen) atoms. The molecule has 0 bridgehead atoms. The Labute approximate surface area is 173 Å². The predicted octanol–water partition coefficient (Wildman–Crippen LogP) is 5.36. The summed E-state index contributed by atoms with van der Waals surface area (Å²) in [7, 11) is 0. The number of benzene rings is 4. The third kappa shape index (κ3) is 2.72. The molecule has 0 heterocycles. The summed E-state index contributed by atoms with van der Waals surface area (Å²) < 4.78 is 0. The smallest absolute Gasteiger partial charge is 0.195 e. The van der Waals surface area contributed by atoms with Gasteiger partial charge in [0.2, 0.25) is 0 Å². The zero-order valence-corrected chi connectivity index (χ0v) is 16.0. The Balaban J connectivity index is 1.73. The summed E-state index contributed by atoms with van der Waals surface area (Å²) in [6.07, 6.45) is 0. The molecule has 0 N–H and O–H groups in total. The van der Waals surface area contributed by atoms with Gasteiger partial charge in [0.05, 0.1) is 0 Å². The Kier molecular flexibility index (Phi) is 4.22. The first kappa shape index (κ1) is 18.0. The van der Waals surface area contributed by atoms with Crippen LogP contribution in [-0.4, -0.2) is 17.3 Å². The fourth-order valence-corrected chi connectivity index (χ4v) is 4.03. The topological polar surface area (TPSA) is 51.2 Å². The van der Waals surface area contributed by atoms with E-state index in [1.165, 1.54) is 0 Å². The van der Waals surface area contributed by atoms with E-state index in [2.05, 4.69) is 0 Å². The van der Waals surface area contributed by atoms with Crippen LogP contribution < -0.4 is 0 Å². The van der Waals surface area contributed by atoms with E-state index in [0.717, 1.165) is 0 Å². The minimum absolute atomic E-state index is 0.126. The van der Waals surface area contributed by atoms with Crippen molar-refractivity contribution in [3.8, 4) is 11.1 Å². The average Bonchev–Trinajstić information content (AvgIpc) is 2.82. The molecule has 0 saturated carbocycles. The Hall–Kier alpha value is -4.11. The summed E-state index contributed by atoms with van der Waals surface area (Å²) in [6, 6.07) is 28.4. The van der Waals surface area contributed by atoms with Gasteiger partial charge in [-0.05, 0) is 11.1 Å². The minimum Gasteiger partial charge on any atom is -0.289 e. The van der Waals surface area contributed by atoms with Crippen LogP contribution >= 0.6 is 0 Å². The highest BCUT2D eigenvalue weighted by Gasteiger charge is 2.32. The monoisotopic (exact) mass is 388 g/mol. The lowest BCUT2D eigenvalue weighted by Crippen LogP contribution is -2.21. The number of ketones is 3. The standard InChI is InChI=1S/C27H16O3/c28-25(17-9-2-1-3-10-17)20-12-5-4-11-18(20)19-15-8-16-23-24(19)27(30)22-14-7-6-13-21(22)26(23)29/h1-16H. The highest BCUT2D eigenvalue weighted by atomic mass is 16.1. The molecule has 0 unspecified atom stereocenters. The van der Waals surface area contributed by atoms with Gasteiger partial charge in [-0.2, -0.15) is 0 Å². The Morgan fingerprint density at radius 2 is 1.00 bits per heavy atom. The number of rotatable bonds is 3. The van der Waals surface area contributed by atoms with Gasteiger partial charge in [0.1, 0.15) is 0 Å². The van der Waals surface area contributed by atoms with E-state index in [9.17, 15) is 14.4 Å². The molecule has 0 saturated heterocycles. The zero-order valence-electron chi connectivity index (χ0n) is 16.0. The molecule has 0 aromatic heterocycles. The van der Waals surface area contributed by atoms with Crippen LogP contribution in [0.4, 0.5) is 0 Å². The third-order valence-corrected chi connectivity index (χ3v) is 5.45. The number of fused-ring (bicyclic) bond motifs is 2. The molecule has 0 radical (unpaired) electrons. The van der Waals surface area contributed by atoms with E-state index in [-0.39, 0.29) is 17.3 Å². The summed E-state index contributed by atoms with van der Waals surface area (Å²) >= 11 is 0. The molecule has 0 amide bonds. The summed E-state index contributed by atoms with van der Waals surface area (Å²) in [4.78, 5) is 39.6. The second kappa shape index (κ2) is 7.05. The van der Waals surface area contributed by atoms with E-state index in [1.807, 2.05) is 30.3 Å². The molecular weight excluding hydrogens is 372 g/mol. The quantitative estimate of drug-likeness (QED) is 0.391. The molecule has 1 aliphatic rings. The van der Waals surface area contributed by atoms with Crippen LogP contribution in [0.1, 0.15) is 47.8 Å². The lowest BCUT2D eigenvalue weighted by atomic mass is 9.79. The summed E-state index contributed by atoms with van der Waals surface area (Å²) in [5, 5.41) is 0. The predicted molar refractivity (Wildman–Crippen MR) is 115 cm³/mol. The molecule has 0 spiro atoms. The van der Waals surface area contributed by atoms with Crippen molar-refractivity contribution in [3.05, 3.63) is 130 Å². The Bertz CT molecular complexity index is 1330. The van der Waals surface area contributed by atoms with Crippen molar-refractivity contribution in [3.63, 3.8) is 0 Å². The van der Waals surface area contributed by atoms with Crippen LogP contribution in [0, 0.1) is 0 Å². The Morgan fingerprint density at radius 3 is 1.73 bits per heavy atom. The number of carbonyl (C=O) groups excluding carboxylic acids is 3. The van der Waals surface area contributed by atoms with Gasteiger partial charge in [-0.15, -0.1) is 0 Å². The van der Waals surface area contributed by atoms with Gasteiger partial charge >= 0.3 is 0 Å². The van der Waals surface area contributed by atoms with Gasteiger partial charge < -0.3 is 0 Å². The Morgan fingerprint density at radius 1 is 0.467 bits per heavy atom. The van der Waals surface area contributed by atoms with Gasteiger partial charge in [-0.1, -0.05) is 97.1 Å². The van der Waals surface area contributed by atoms with Crippen LogP contribution in [0.3, 0.4) is 0 Å². The SMILES string of the molecule is O=C(c1ccccc1)c1ccccc1-c1cccc2c1C(=O)c1ccccc1C2=O. The second-order valence-corrected chi connectivity index (χ2v) is 7.17. The lowest BCUT2D eigenvalue weighted by Gasteiger charge is -2.21. The average molecular weight is 388 g/mol. The van der Waals surface area contributed by atoms with Crippen LogP contribution in [0.25, 0.3) is 11.1 Å². The molecule has 5 rings (SSSR count). The van der Waals surface area contributed by atoms with Gasteiger partial charge in [0.25, 0.3) is 0 Å². The van der Waals surface area contributed by atoms with Crippen molar-refractivity contribution in [1.29, 1.82) is 0 Å². The van der Waals surface area contributed by atoms with Gasteiger partial charge in [-0.3, -0.25) is 14.4 Å². The maximum absolute atomic E-state index is 13.4. The first-order chi connectivity index (χ1) is 14.7. The van der Waals surface area contributed by atoms with E-state index >= 15 is 0 Å². The van der Waals surface area contributed by atoms with Crippen molar-refractivity contribution in [1.82, 2.24) is 0 Å². The largest absolute Gasteiger partial charge is 0.289 e. The van der Waals surface area contributed by atoms with E-state index in [4.69, 9.17) is 0 Å². The molecule has 4 aromatic rings. The molecule has 3 nitrogen and oxygen atoms in total. The van der Waals surface area contributed by atoms with E-state index in [0.29, 0.717) is 44.5 Å². The molecule has 142 valence electrons. The van der Waals surface area contributed by atoms with Crippen molar-refractivity contribution in [2.24, 2.45) is 0 Å². The fourth-order valence-electron chi connectivity index (χ4n) is 4.03. The van der Waals surface area contributed by atoms with Crippen molar-refractivity contribution < 1.29 is 14.4 Å². The molecule has 0 aliphatic heterocycles. The molecule has 0 atom stereocenters. The van der Waals surface area contributed by atoms with Crippen LogP contribution in [-0.2, 0) is 0 Å². The number of hydrogen-bond donors (Lipinski definition) is 0. The van der Waals surface area contributed by atoms with Crippen molar-refractivity contribution >= 4 is 17.3 Å². The molecule has 1 aliphatic carbocycles. The van der Waals surface area contributed by atoms with E-state index < -0.39 is 0 Å². The third-order valence-electron chi connectivity index (χ3n) is 5.45. The minimum atomic E-state index is -0.197. The number of hydrogen-bond acceptors (Lipinski definition) is 3. The van der Waals surface area contributed by atoms with Crippen LogP contribution in [0.5, 0.6) is 0 Å². The van der Waals surface area contributed by atoms with Crippen LogP contribution in [0.2, 0.25) is 0 Å². The highest BCUT2D eigenvalue weighted by molar-refractivity contribution is 6.30. The van der Waals surface area contributed by atoms with Crippen molar-refractivity contribution in [2.75, 3.05) is 0 Å². The zero-order chi connectivity index (χ0) is 20.7. The van der Waals surface area contributed by atoms with Gasteiger partial charge in [0.15, 0.2) is 17.3 Å². The van der Waals surface area contributed by atoms with Gasteiger partial charge in [0, 0.05) is 33.4 Å². The summed E-state index contributed by atoms with van der Waals surface area (Å²) in [6.45, 7) is 0. The summed E-state index contributed by atoms with van der Waals surface area (Å²) in [5.41, 5.74) is 3.85. The fraction of sp³-hybridized carbons (Fsp3) is 0. The lowest BCUT2D eigenvalue weighted by molar-refractivity contribution is 0.0979. The highest BCUT2D eigenvalue weighted by Crippen LogP contribution is 2.36. The van der Waals surface area contributed by atoms with Crippen LogP contribution in [0.15, 0.2) is 97.1 Å². The molecule has 3 heteroatoms.